The van der Waals surface area contributed by atoms with Crippen LogP contribution in [0.3, 0.4) is 0 Å². The SMILES string of the molecule is CO[C@H]1/C=C/O[C@@]2(C)Oc3c(C)c(O)c4c(=O)c(c5oc6cc(OCCN(C)C)cc(F)c6nc-5c4c3C2=O)NC(=O)/C(C)=C\C=C\[C@H](C)[C@@H]2O[C@H]([C@H](O)[C@@H]2C)[C@H](OC(C)=O)[C@@H]1C. The van der Waals surface area contributed by atoms with E-state index in [9.17, 15) is 29.4 Å². The van der Waals surface area contributed by atoms with Crippen LogP contribution in [0, 0.1) is 30.5 Å². The summed E-state index contributed by atoms with van der Waals surface area (Å²) in [6.45, 7) is 11.7. The lowest BCUT2D eigenvalue weighted by atomic mass is 9.86. The van der Waals surface area contributed by atoms with Crippen molar-refractivity contribution in [2.45, 2.75) is 84.8 Å². The van der Waals surface area contributed by atoms with E-state index in [1.54, 1.807) is 19.1 Å². The summed E-state index contributed by atoms with van der Waals surface area (Å²) in [5.74, 6) is -7.37. The zero-order valence-corrected chi connectivity index (χ0v) is 36.7. The van der Waals surface area contributed by atoms with Crippen LogP contribution in [0.4, 0.5) is 10.1 Å². The summed E-state index contributed by atoms with van der Waals surface area (Å²) >= 11 is 0. The molecule has 0 saturated carbocycles. The number of aromatic nitrogens is 1. The number of ether oxygens (including phenoxy) is 6. The number of hydrogen-bond acceptors (Lipinski definition) is 15. The van der Waals surface area contributed by atoms with E-state index >= 15 is 4.39 Å². The summed E-state index contributed by atoms with van der Waals surface area (Å²) in [5.41, 5.74) is -2.08. The lowest BCUT2D eigenvalue weighted by Crippen LogP contribution is -2.46. The van der Waals surface area contributed by atoms with Crippen LogP contribution in [-0.4, -0.2) is 108 Å². The van der Waals surface area contributed by atoms with Gasteiger partial charge in [0, 0.05) is 73.9 Å². The highest BCUT2D eigenvalue weighted by Gasteiger charge is 2.51. The van der Waals surface area contributed by atoms with Crippen molar-refractivity contribution in [1.82, 2.24) is 9.88 Å². The normalized spacial score (nSPS) is 29.5. The lowest BCUT2D eigenvalue weighted by molar-refractivity contribution is -0.168. The van der Waals surface area contributed by atoms with Gasteiger partial charge in [-0.1, -0.05) is 39.0 Å². The average molecular weight is 874 g/mol. The van der Waals surface area contributed by atoms with Crippen LogP contribution >= 0.6 is 0 Å². The molecule has 1 aliphatic carbocycles. The van der Waals surface area contributed by atoms with Gasteiger partial charge < -0.3 is 53.3 Å². The van der Waals surface area contributed by atoms with Gasteiger partial charge in [-0.25, -0.2) is 9.37 Å². The highest BCUT2D eigenvalue weighted by Crippen LogP contribution is 2.51. The third-order valence-electron chi connectivity index (χ3n) is 12.1. The predicted octanol–water partition coefficient (Wildman–Crippen LogP) is 5.80. The third kappa shape index (κ3) is 8.14. The molecule has 0 radical (unpaired) electrons. The van der Waals surface area contributed by atoms with Crippen molar-refractivity contribution >= 4 is 45.2 Å². The van der Waals surface area contributed by atoms with Crippen LogP contribution in [0.15, 0.2) is 57.5 Å². The van der Waals surface area contributed by atoms with Gasteiger partial charge in [0.1, 0.15) is 53.0 Å². The molecule has 6 aliphatic rings. The van der Waals surface area contributed by atoms with Crippen molar-refractivity contribution in [1.29, 1.82) is 0 Å². The zero-order chi connectivity index (χ0) is 45.8. The number of carbonyl (C=O) groups is 3. The Morgan fingerprint density at radius 2 is 1.79 bits per heavy atom. The number of rotatable bonds is 6. The van der Waals surface area contributed by atoms with Crippen LogP contribution in [0.5, 0.6) is 17.2 Å². The van der Waals surface area contributed by atoms with Gasteiger partial charge >= 0.3 is 11.8 Å². The van der Waals surface area contributed by atoms with E-state index in [1.807, 2.05) is 32.8 Å². The molecule has 5 heterocycles. The molecular weight excluding hydrogens is 822 g/mol. The quantitative estimate of drug-likeness (QED) is 0.119. The summed E-state index contributed by atoms with van der Waals surface area (Å²) in [6, 6.07) is 2.53. The first kappa shape index (κ1) is 45.2. The number of halogens is 1. The second kappa shape index (κ2) is 17.4. The number of aromatic hydroxyl groups is 1. The summed E-state index contributed by atoms with van der Waals surface area (Å²) < 4.78 is 58.2. The number of likely N-dealkylation sites (N-methyl/N-ethyl adjacent to an activating group) is 1. The van der Waals surface area contributed by atoms with E-state index in [4.69, 9.17) is 32.8 Å². The molecule has 16 nitrogen and oxygen atoms in total. The molecule has 0 unspecified atom stereocenters. The van der Waals surface area contributed by atoms with Crippen LogP contribution in [-0.2, 0) is 28.5 Å². The fourth-order valence-electron chi connectivity index (χ4n) is 8.45. The molecule has 1 fully saturated rings. The molecule has 7 bridgehead atoms. The van der Waals surface area contributed by atoms with Gasteiger partial charge in [-0.3, -0.25) is 19.2 Å². The van der Waals surface area contributed by atoms with Crippen molar-refractivity contribution < 1.29 is 61.8 Å². The smallest absolute Gasteiger partial charge is 0.312 e. The highest BCUT2D eigenvalue weighted by atomic mass is 19.1. The fourth-order valence-corrected chi connectivity index (χ4v) is 8.45. The maximum atomic E-state index is 16.0. The Bertz CT molecular complexity index is 2620. The van der Waals surface area contributed by atoms with Crippen LogP contribution in [0.25, 0.3) is 33.3 Å². The molecule has 63 heavy (non-hydrogen) atoms. The van der Waals surface area contributed by atoms with Gasteiger partial charge in [-0.15, -0.1) is 0 Å². The van der Waals surface area contributed by atoms with Crippen LogP contribution in [0.2, 0.25) is 0 Å². The van der Waals surface area contributed by atoms with E-state index in [0.717, 1.165) is 6.07 Å². The number of methoxy groups -OCH3 is 1. The molecule has 8 rings (SSSR count). The number of nitrogens with zero attached hydrogens (tertiary/aromatic N) is 2. The number of allylic oxidation sites excluding steroid dienone is 2. The minimum atomic E-state index is -2.10. The van der Waals surface area contributed by atoms with Crippen molar-refractivity contribution in [3.05, 3.63) is 75.4 Å². The Morgan fingerprint density at radius 3 is 2.48 bits per heavy atom. The van der Waals surface area contributed by atoms with Gasteiger partial charge in [0.05, 0.1) is 35.5 Å². The monoisotopic (exact) mass is 873 g/mol. The van der Waals surface area contributed by atoms with Gasteiger partial charge in [-0.05, 0) is 34.0 Å². The van der Waals surface area contributed by atoms with E-state index in [2.05, 4.69) is 10.3 Å². The van der Waals surface area contributed by atoms with Gasteiger partial charge in [0.25, 0.3) is 11.7 Å². The topological polar surface area (TPSA) is 205 Å². The number of ketones is 1. The number of carbonyl (C=O) groups excluding carboxylic acids is 3. The number of hydrogen-bond donors (Lipinski definition) is 3. The number of aliphatic hydroxyl groups is 1. The summed E-state index contributed by atoms with van der Waals surface area (Å²) in [5, 5.41) is 25.2. The molecule has 0 spiro atoms. The minimum Gasteiger partial charge on any atom is -0.507 e. The van der Waals surface area contributed by atoms with Crippen LogP contribution < -0.4 is 20.2 Å². The number of esters is 1. The lowest BCUT2D eigenvalue weighted by Gasteiger charge is -2.33. The standard InChI is InChI=1S/C46H52FN3O13/c1-20-12-11-13-21(2)45(56)49-35-38(54)31-30(34-42(35)61-29-19-26(58-17-15-50(8)9)18-27(47)33(29)48-34)32-40(23(4)36(31)52)63-46(7,44(32)55)59-16-14-28(57-10)22(3)41(60-25(6)51)43-37(53)24(5)39(20)62-43/h11-14,16,18-20,22,24,28,37,39,41,43,52-53H,15,17H2,1-10H3,(H,49,56)/b12-11+,16-14+,21-13-/t20-,22+,24-,28-,37+,39-,41+,43+,46-/m0/s1. The molecule has 2 aromatic carbocycles. The number of amides is 1. The number of fused-ring (bicyclic) bond motifs is 9. The van der Waals surface area contributed by atoms with Gasteiger partial charge in [0.15, 0.2) is 17.2 Å². The Hall–Kier alpha value is -5.88. The number of phenolic OH excluding ortho intramolecular Hbond substituents is 1. The number of anilines is 1. The first-order valence-electron chi connectivity index (χ1n) is 20.6. The van der Waals surface area contributed by atoms with Gasteiger partial charge in [-0.2, -0.15) is 0 Å². The molecule has 0 aromatic heterocycles. The van der Waals surface area contributed by atoms with E-state index < -0.39 is 93.9 Å². The Balaban J connectivity index is 1.45. The van der Waals surface area contributed by atoms with Crippen LogP contribution in [0.1, 0.15) is 57.5 Å². The molecule has 5 aliphatic heterocycles. The average Bonchev–Trinajstić information content (AvgIpc) is 3.67. The molecule has 3 N–H and O–H groups in total. The van der Waals surface area contributed by atoms with Crippen molar-refractivity contribution in [2.75, 3.05) is 39.7 Å². The van der Waals surface area contributed by atoms with E-state index in [-0.39, 0.29) is 68.7 Å². The highest BCUT2D eigenvalue weighted by molar-refractivity contribution is 6.22. The van der Waals surface area contributed by atoms with Gasteiger partial charge in [0.2, 0.25) is 5.43 Å². The third-order valence-corrected chi connectivity index (χ3v) is 12.1. The first-order chi connectivity index (χ1) is 29.8. The molecule has 1 amide bonds. The van der Waals surface area contributed by atoms with Crippen molar-refractivity contribution in [3.8, 4) is 28.7 Å². The maximum absolute atomic E-state index is 16.0. The fraction of sp³-hybridized carbons (Fsp3) is 0.457. The number of nitrogens with one attached hydrogen (secondary N) is 1. The number of phenols is 1. The number of Topliss-reactive ketones (excluding diaryl/α,β-unsaturated/α-hetero) is 1. The Morgan fingerprint density at radius 1 is 1.06 bits per heavy atom. The zero-order valence-electron chi connectivity index (χ0n) is 36.7. The second-order valence-electron chi connectivity index (χ2n) is 16.8. The molecule has 336 valence electrons. The molecule has 1 saturated heterocycles. The molecule has 9 atom stereocenters. The minimum absolute atomic E-state index is 0.000591. The van der Waals surface area contributed by atoms with Crippen molar-refractivity contribution in [2.24, 2.45) is 17.8 Å². The molecular formula is C46H52FN3O13. The molecule has 17 heteroatoms. The Kier molecular flexibility index (Phi) is 12.4. The summed E-state index contributed by atoms with van der Waals surface area (Å²) in [7, 11) is 5.14. The first-order valence-corrected chi connectivity index (χ1v) is 20.6. The summed E-state index contributed by atoms with van der Waals surface area (Å²) in [4.78, 5) is 62.2. The Labute approximate surface area is 362 Å². The number of aliphatic hydroxyl groups excluding tert-OH is 1. The predicted molar refractivity (Wildman–Crippen MR) is 228 cm³/mol. The second-order valence-corrected chi connectivity index (χ2v) is 16.8. The van der Waals surface area contributed by atoms with E-state index in [1.165, 1.54) is 59.3 Å². The molecule has 2 aromatic rings. The number of benzene rings is 3. The van der Waals surface area contributed by atoms with E-state index in [0.29, 0.717) is 6.54 Å². The largest absolute Gasteiger partial charge is 0.507 e. The maximum Gasteiger partial charge on any atom is 0.312 e. The summed E-state index contributed by atoms with van der Waals surface area (Å²) in [6.07, 6.45) is 3.27. The van der Waals surface area contributed by atoms with Crippen molar-refractivity contribution in [3.63, 3.8) is 0 Å².